The van der Waals surface area contributed by atoms with Crippen LogP contribution in [0.2, 0.25) is 0 Å². The highest BCUT2D eigenvalue weighted by atomic mass is 16.1. The molecule has 0 aromatic carbocycles. The number of nitrogens with two attached hydrogens (primary N) is 2. The van der Waals surface area contributed by atoms with Crippen molar-refractivity contribution < 1.29 is 4.79 Å². The highest BCUT2D eigenvalue weighted by Crippen LogP contribution is 2.16. The van der Waals surface area contributed by atoms with E-state index in [1.54, 1.807) is 6.07 Å². The van der Waals surface area contributed by atoms with Gasteiger partial charge in [0.05, 0.1) is 17.4 Å². The van der Waals surface area contributed by atoms with Crippen molar-refractivity contribution in [3.8, 4) is 0 Å². The van der Waals surface area contributed by atoms with Gasteiger partial charge in [-0.3, -0.25) is 4.79 Å². The van der Waals surface area contributed by atoms with E-state index in [0.717, 1.165) is 13.1 Å². The lowest BCUT2D eigenvalue weighted by Crippen LogP contribution is -2.29. The smallest absolute Gasteiger partial charge is 0.250 e. The number of hydrogen-bond acceptors (Lipinski definition) is 5. The number of anilines is 2. The quantitative estimate of drug-likeness (QED) is 0.738. The minimum absolute atomic E-state index is 0.308. The first-order valence-electron chi connectivity index (χ1n) is 5.33. The molecule has 0 saturated heterocycles. The first-order chi connectivity index (χ1) is 7.91. The SMILES string of the molecule is CN(C)CCN(C)c1cc(C(N)=O)c(N)cn1. The number of nitrogens with zero attached hydrogens (tertiary/aromatic N) is 3. The van der Waals surface area contributed by atoms with Crippen molar-refractivity contribution in [2.45, 2.75) is 0 Å². The maximum absolute atomic E-state index is 11.2. The molecule has 1 amide bonds. The third kappa shape index (κ3) is 3.60. The zero-order valence-electron chi connectivity index (χ0n) is 10.5. The van der Waals surface area contributed by atoms with Crippen molar-refractivity contribution in [2.24, 2.45) is 5.73 Å². The average molecular weight is 237 g/mol. The third-order valence-electron chi connectivity index (χ3n) is 2.46. The van der Waals surface area contributed by atoms with Gasteiger partial charge < -0.3 is 21.3 Å². The van der Waals surface area contributed by atoms with Crippen LogP contribution in [0.15, 0.2) is 12.3 Å². The van der Waals surface area contributed by atoms with E-state index in [4.69, 9.17) is 11.5 Å². The summed E-state index contributed by atoms with van der Waals surface area (Å²) in [5, 5.41) is 0. The van der Waals surface area contributed by atoms with E-state index in [0.29, 0.717) is 17.1 Å². The van der Waals surface area contributed by atoms with E-state index < -0.39 is 5.91 Å². The Hall–Kier alpha value is -1.82. The number of amides is 1. The van der Waals surface area contributed by atoms with Crippen LogP contribution in [0.1, 0.15) is 10.4 Å². The van der Waals surface area contributed by atoms with E-state index in [2.05, 4.69) is 9.88 Å². The maximum atomic E-state index is 11.2. The number of aromatic nitrogens is 1. The molecule has 1 rings (SSSR count). The van der Waals surface area contributed by atoms with Crippen LogP contribution < -0.4 is 16.4 Å². The summed E-state index contributed by atoms with van der Waals surface area (Å²) in [6.07, 6.45) is 1.46. The monoisotopic (exact) mass is 237 g/mol. The highest BCUT2D eigenvalue weighted by Gasteiger charge is 2.10. The molecule has 0 fully saturated rings. The second-order valence-corrected chi connectivity index (χ2v) is 4.22. The van der Waals surface area contributed by atoms with Crippen molar-refractivity contribution in [1.29, 1.82) is 0 Å². The Kier molecular flexibility index (Phi) is 4.28. The maximum Gasteiger partial charge on any atom is 0.250 e. The van der Waals surface area contributed by atoms with Crippen LogP contribution in [-0.4, -0.2) is 50.0 Å². The molecule has 0 atom stereocenters. The number of carbonyl (C=O) groups is 1. The molecule has 0 aliphatic rings. The molecular weight excluding hydrogens is 218 g/mol. The molecule has 6 nitrogen and oxygen atoms in total. The molecule has 0 aliphatic carbocycles. The van der Waals surface area contributed by atoms with Crippen molar-refractivity contribution in [3.63, 3.8) is 0 Å². The number of rotatable bonds is 5. The Labute approximate surface area is 101 Å². The molecule has 0 saturated carbocycles. The third-order valence-corrected chi connectivity index (χ3v) is 2.46. The topological polar surface area (TPSA) is 88.5 Å². The molecule has 1 aromatic heterocycles. The van der Waals surface area contributed by atoms with Gasteiger partial charge >= 0.3 is 0 Å². The van der Waals surface area contributed by atoms with Gasteiger partial charge in [0.15, 0.2) is 0 Å². The minimum atomic E-state index is -0.535. The molecule has 0 spiro atoms. The van der Waals surface area contributed by atoms with E-state index in [9.17, 15) is 4.79 Å². The van der Waals surface area contributed by atoms with E-state index >= 15 is 0 Å². The van der Waals surface area contributed by atoms with Crippen molar-refractivity contribution in [3.05, 3.63) is 17.8 Å². The minimum Gasteiger partial charge on any atom is -0.397 e. The Morgan fingerprint density at radius 2 is 2.00 bits per heavy atom. The van der Waals surface area contributed by atoms with Crippen LogP contribution >= 0.6 is 0 Å². The number of hydrogen-bond donors (Lipinski definition) is 2. The average Bonchev–Trinajstić information content (AvgIpc) is 2.26. The van der Waals surface area contributed by atoms with E-state index in [1.807, 2.05) is 26.0 Å². The fourth-order valence-corrected chi connectivity index (χ4v) is 1.34. The van der Waals surface area contributed by atoms with Gasteiger partial charge in [0, 0.05) is 20.1 Å². The summed E-state index contributed by atoms with van der Waals surface area (Å²) in [7, 11) is 5.91. The van der Waals surface area contributed by atoms with Crippen molar-refractivity contribution in [2.75, 3.05) is 44.9 Å². The van der Waals surface area contributed by atoms with Crippen LogP contribution in [0.3, 0.4) is 0 Å². The van der Waals surface area contributed by atoms with Gasteiger partial charge in [-0.2, -0.15) is 0 Å². The van der Waals surface area contributed by atoms with Crippen LogP contribution in [-0.2, 0) is 0 Å². The molecule has 0 aliphatic heterocycles. The van der Waals surface area contributed by atoms with Gasteiger partial charge in [-0.25, -0.2) is 4.98 Å². The van der Waals surface area contributed by atoms with Gasteiger partial charge in [0.1, 0.15) is 5.82 Å². The summed E-state index contributed by atoms with van der Waals surface area (Å²) in [4.78, 5) is 19.3. The molecule has 94 valence electrons. The summed E-state index contributed by atoms with van der Waals surface area (Å²) in [6.45, 7) is 1.70. The van der Waals surface area contributed by atoms with Gasteiger partial charge in [0.2, 0.25) is 0 Å². The normalized spacial score (nSPS) is 10.6. The Balaban J connectivity index is 2.84. The molecule has 0 unspecified atom stereocenters. The number of primary amides is 1. The number of pyridine rings is 1. The molecule has 0 bridgehead atoms. The van der Waals surface area contributed by atoms with Crippen molar-refractivity contribution in [1.82, 2.24) is 9.88 Å². The second kappa shape index (κ2) is 5.49. The standard InChI is InChI=1S/C11H19N5O/c1-15(2)4-5-16(3)10-6-8(11(13)17)9(12)7-14-10/h6-7H,4-5,12H2,1-3H3,(H2,13,17). The van der Waals surface area contributed by atoms with Crippen LogP contribution in [0.25, 0.3) is 0 Å². The predicted octanol–water partition coefficient (Wildman–Crippen LogP) is -0.239. The van der Waals surface area contributed by atoms with Crippen molar-refractivity contribution >= 4 is 17.4 Å². The second-order valence-electron chi connectivity index (χ2n) is 4.22. The largest absolute Gasteiger partial charge is 0.397 e. The molecule has 1 aromatic rings. The van der Waals surface area contributed by atoms with E-state index in [-0.39, 0.29) is 0 Å². The molecule has 4 N–H and O–H groups in total. The van der Waals surface area contributed by atoms with Gasteiger partial charge in [-0.05, 0) is 20.2 Å². The first-order valence-corrected chi connectivity index (χ1v) is 5.33. The number of likely N-dealkylation sites (N-methyl/N-ethyl adjacent to an activating group) is 2. The lowest BCUT2D eigenvalue weighted by atomic mass is 10.2. The molecule has 1 heterocycles. The summed E-state index contributed by atoms with van der Waals surface area (Å²) in [5.74, 6) is 0.155. The van der Waals surface area contributed by atoms with Gasteiger partial charge in [0.25, 0.3) is 5.91 Å². The first kappa shape index (κ1) is 13.2. The zero-order chi connectivity index (χ0) is 13.0. The molecule has 17 heavy (non-hydrogen) atoms. The number of nitrogen functional groups attached to an aromatic ring is 1. The van der Waals surface area contributed by atoms with E-state index in [1.165, 1.54) is 6.20 Å². The molecule has 0 radical (unpaired) electrons. The van der Waals surface area contributed by atoms with Crippen LogP contribution in [0, 0.1) is 0 Å². The summed E-state index contributed by atoms with van der Waals surface area (Å²) < 4.78 is 0. The predicted molar refractivity (Wildman–Crippen MR) is 69.0 cm³/mol. The Bertz CT molecular complexity index is 405. The van der Waals surface area contributed by atoms with Gasteiger partial charge in [-0.15, -0.1) is 0 Å². The lowest BCUT2D eigenvalue weighted by Gasteiger charge is -2.21. The molecule has 6 heteroatoms. The van der Waals surface area contributed by atoms with Crippen LogP contribution in [0.5, 0.6) is 0 Å². The summed E-state index contributed by atoms with van der Waals surface area (Å²) in [6, 6.07) is 1.62. The van der Waals surface area contributed by atoms with Gasteiger partial charge in [-0.1, -0.05) is 0 Å². The van der Waals surface area contributed by atoms with Crippen LogP contribution in [0.4, 0.5) is 11.5 Å². The highest BCUT2D eigenvalue weighted by molar-refractivity contribution is 5.98. The number of carbonyl (C=O) groups excluding carboxylic acids is 1. The Morgan fingerprint density at radius 1 is 1.35 bits per heavy atom. The summed E-state index contributed by atoms with van der Waals surface area (Å²) >= 11 is 0. The lowest BCUT2D eigenvalue weighted by molar-refractivity contribution is 0.100. The fourth-order valence-electron chi connectivity index (χ4n) is 1.34. The summed E-state index contributed by atoms with van der Waals surface area (Å²) in [5.41, 5.74) is 11.5. The Morgan fingerprint density at radius 3 is 2.53 bits per heavy atom. The molecular formula is C11H19N5O. The zero-order valence-corrected chi connectivity index (χ0v) is 10.5. The fraction of sp³-hybridized carbons (Fsp3) is 0.455.